The number of rotatable bonds is 4. The molecule has 20 heavy (non-hydrogen) atoms. The fraction of sp³-hybridized carbons (Fsp3) is 0.538. The van der Waals surface area contributed by atoms with Gasteiger partial charge in [0.25, 0.3) is 0 Å². The van der Waals surface area contributed by atoms with Crippen molar-refractivity contribution in [3.63, 3.8) is 0 Å². The van der Waals surface area contributed by atoms with Crippen LogP contribution in [0, 0.1) is 0 Å². The fourth-order valence-corrected chi connectivity index (χ4v) is 2.77. The van der Waals surface area contributed by atoms with Crippen LogP contribution in [0.5, 0.6) is 0 Å². The van der Waals surface area contributed by atoms with Crippen molar-refractivity contribution < 1.29 is 9.90 Å². The quantitative estimate of drug-likeness (QED) is 0.922. The molecule has 1 fully saturated rings. The molecule has 0 radical (unpaired) electrons. The summed E-state index contributed by atoms with van der Waals surface area (Å²) in [5, 5.41) is 21.4. The van der Waals surface area contributed by atoms with E-state index in [1.807, 2.05) is 13.1 Å². The van der Waals surface area contributed by atoms with Gasteiger partial charge in [0.15, 0.2) is 5.69 Å². The van der Waals surface area contributed by atoms with Crippen molar-refractivity contribution in [3.8, 4) is 11.3 Å². The number of aromatic carboxylic acids is 1. The smallest absolute Gasteiger partial charge is 0.358 e. The van der Waals surface area contributed by atoms with Crippen molar-refractivity contribution in [1.29, 1.82) is 0 Å². The van der Waals surface area contributed by atoms with Crippen LogP contribution >= 0.6 is 0 Å². The van der Waals surface area contributed by atoms with Crippen LogP contribution < -0.4 is 0 Å². The van der Waals surface area contributed by atoms with Crippen LogP contribution in [0.25, 0.3) is 11.3 Å². The van der Waals surface area contributed by atoms with Gasteiger partial charge in [-0.2, -0.15) is 5.10 Å². The Kier molecular flexibility index (Phi) is 3.25. The summed E-state index contributed by atoms with van der Waals surface area (Å²) in [7, 11) is 0. The van der Waals surface area contributed by atoms with Crippen molar-refractivity contribution in [3.05, 3.63) is 18.1 Å². The molecule has 0 amide bonds. The summed E-state index contributed by atoms with van der Waals surface area (Å²) in [6, 6.07) is 0.246. The van der Waals surface area contributed by atoms with Crippen LogP contribution in [0.15, 0.2) is 12.4 Å². The second-order valence-electron chi connectivity index (χ2n) is 5.06. The molecule has 0 saturated heterocycles. The predicted molar refractivity (Wildman–Crippen MR) is 71.4 cm³/mol. The maximum absolute atomic E-state index is 11.4. The number of hydrogen-bond acceptors (Lipinski definition) is 4. The number of aromatic nitrogens is 5. The standard InChI is InChI=1S/C13H17N5O2/c1-2-17-8-9(7-14-17)12-11(13(19)20)15-16-18(12)10-5-3-4-6-10/h7-8,10H,2-6H2,1H3,(H,19,20). The van der Waals surface area contributed by atoms with Crippen molar-refractivity contribution in [2.24, 2.45) is 0 Å². The first-order valence-electron chi connectivity index (χ1n) is 6.92. The Morgan fingerprint density at radius 2 is 2.20 bits per heavy atom. The minimum Gasteiger partial charge on any atom is -0.476 e. The van der Waals surface area contributed by atoms with E-state index < -0.39 is 5.97 Å². The molecule has 2 heterocycles. The van der Waals surface area contributed by atoms with Gasteiger partial charge in [-0.25, -0.2) is 9.48 Å². The molecule has 2 aromatic heterocycles. The fourth-order valence-electron chi connectivity index (χ4n) is 2.77. The van der Waals surface area contributed by atoms with E-state index >= 15 is 0 Å². The zero-order valence-electron chi connectivity index (χ0n) is 11.4. The van der Waals surface area contributed by atoms with E-state index in [2.05, 4.69) is 15.4 Å². The van der Waals surface area contributed by atoms with Crippen LogP contribution in [0.2, 0.25) is 0 Å². The molecule has 3 rings (SSSR count). The molecule has 1 aliphatic rings. The van der Waals surface area contributed by atoms with Crippen LogP contribution in [0.3, 0.4) is 0 Å². The number of carbonyl (C=O) groups is 1. The minimum absolute atomic E-state index is 0.00699. The lowest BCUT2D eigenvalue weighted by atomic mass is 10.1. The number of carboxylic acid groups (broad SMARTS) is 1. The van der Waals surface area contributed by atoms with Gasteiger partial charge in [-0.3, -0.25) is 4.68 Å². The van der Waals surface area contributed by atoms with Gasteiger partial charge in [0, 0.05) is 18.3 Å². The monoisotopic (exact) mass is 275 g/mol. The van der Waals surface area contributed by atoms with Gasteiger partial charge in [0.2, 0.25) is 0 Å². The summed E-state index contributed by atoms with van der Waals surface area (Å²) in [4.78, 5) is 11.4. The average molecular weight is 275 g/mol. The van der Waals surface area contributed by atoms with Gasteiger partial charge >= 0.3 is 5.97 Å². The third kappa shape index (κ3) is 2.09. The largest absolute Gasteiger partial charge is 0.476 e. The maximum Gasteiger partial charge on any atom is 0.358 e. The molecule has 0 unspecified atom stereocenters. The first kappa shape index (κ1) is 12.8. The van der Waals surface area contributed by atoms with Crippen LogP contribution in [-0.4, -0.2) is 35.9 Å². The molecule has 0 aromatic carbocycles. The molecule has 106 valence electrons. The second kappa shape index (κ2) is 5.07. The predicted octanol–water partition coefficient (Wildman–Crippen LogP) is 1.97. The van der Waals surface area contributed by atoms with Gasteiger partial charge in [0.1, 0.15) is 5.69 Å². The van der Waals surface area contributed by atoms with Crippen LogP contribution in [-0.2, 0) is 6.54 Å². The second-order valence-corrected chi connectivity index (χ2v) is 5.06. The summed E-state index contributed by atoms with van der Waals surface area (Å²) >= 11 is 0. The first-order valence-corrected chi connectivity index (χ1v) is 6.92. The summed E-state index contributed by atoms with van der Waals surface area (Å²) < 4.78 is 3.54. The summed E-state index contributed by atoms with van der Waals surface area (Å²) in [5.41, 5.74) is 1.35. The van der Waals surface area contributed by atoms with Crippen molar-refractivity contribution >= 4 is 5.97 Å². The topological polar surface area (TPSA) is 85.8 Å². The molecule has 2 aromatic rings. The highest BCUT2D eigenvalue weighted by Crippen LogP contribution is 2.33. The molecule has 7 heteroatoms. The minimum atomic E-state index is -1.05. The molecule has 0 spiro atoms. The Bertz CT molecular complexity index is 624. The Labute approximate surface area is 116 Å². The molecule has 0 atom stereocenters. The highest BCUT2D eigenvalue weighted by molar-refractivity contribution is 5.92. The Morgan fingerprint density at radius 1 is 1.45 bits per heavy atom. The van der Waals surface area contributed by atoms with E-state index in [0.29, 0.717) is 5.69 Å². The Hall–Kier alpha value is -2.18. The summed E-state index contributed by atoms with van der Waals surface area (Å²) in [6.07, 6.45) is 7.88. The molecule has 7 nitrogen and oxygen atoms in total. The van der Waals surface area contributed by atoms with Crippen molar-refractivity contribution in [2.45, 2.75) is 45.2 Å². The first-order chi connectivity index (χ1) is 9.70. The van der Waals surface area contributed by atoms with Gasteiger partial charge in [0.05, 0.1) is 12.2 Å². The van der Waals surface area contributed by atoms with Gasteiger partial charge in [-0.05, 0) is 19.8 Å². The zero-order valence-corrected chi connectivity index (χ0v) is 11.4. The van der Waals surface area contributed by atoms with Crippen LogP contribution in [0.1, 0.15) is 49.1 Å². The Balaban J connectivity index is 2.09. The van der Waals surface area contributed by atoms with Gasteiger partial charge in [-0.1, -0.05) is 18.1 Å². The highest BCUT2D eigenvalue weighted by atomic mass is 16.4. The number of nitrogens with zero attached hydrogens (tertiary/aromatic N) is 5. The van der Waals surface area contributed by atoms with Crippen LogP contribution in [0.4, 0.5) is 0 Å². The highest BCUT2D eigenvalue weighted by Gasteiger charge is 2.27. The molecular formula is C13H17N5O2. The number of carboxylic acids is 1. The lowest BCUT2D eigenvalue weighted by molar-refractivity contribution is 0.0691. The van der Waals surface area contributed by atoms with Gasteiger partial charge < -0.3 is 5.11 Å². The molecule has 1 saturated carbocycles. The van der Waals surface area contributed by atoms with Crippen molar-refractivity contribution in [1.82, 2.24) is 24.8 Å². The van der Waals surface area contributed by atoms with E-state index in [9.17, 15) is 9.90 Å². The number of aryl methyl sites for hydroxylation is 1. The zero-order chi connectivity index (χ0) is 14.1. The van der Waals surface area contributed by atoms with E-state index in [1.165, 1.54) is 0 Å². The third-order valence-corrected chi connectivity index (χ3v) is 3.80. The molecule has 1 N–H and O–H groups in total. The molecule has 0 aliphatic heterocycles. The number of hydrogen-bond donors (Lipinski definition) is 1. The van der Waals surface area contributed by atoms with E-state index in [1.54, 1.807) is 15.6 Å². The average Bonchev–Trinajstić information content (AvgIpc) is 3.17. The third-order valence-electron chi connectivity index (χ3n) is 3.80. The van der Waals surface area contributed by atoms with E-state index in [-0.39, 0.29) is 11.7 Å². The summed E-state index contributed by atoms with van der Waals surface area (Å²) in [5.74, 6) is -1.05. The Morgan fingerprint density at radius 3 is 2.80 bits per heavy atom. The molecule has 0 bridgehead atoms. The van der Waals surface area contributed by atoms with E-state index in [4.69, 9.17) is 0 Å². The van der Waals surface area contributed by atoms with E-state index in [0.717, 1.165) is 37.8 Å². The van der Waals surface area contributed by atoms with Gasteiger partial charge in [-0.15, -0.1) is 5.10 Å². The maximum atomic E-state index is 11.4. The normalized spacial score (nSPS) is 15.8. The summed E-state index contributed by atoms with van der Waals surface area (Å²) in [6.45, 7) is 2.73. The molecular weight excluding hydrogens is 258 g/mol. The lowest BCUT2D eigenvalue weighted by Gasteiger charge is -2.12. The molecule has 1 aliphatic carbocycles. The van der Waals surface area contributed by atoms with Crippen molar-refractivity contribution in [2.75, 3.05) is 0 Å². The lowest BCUT2D eigenvalue weighted by Crippen LogP contribution is -2.09. The SMILES string of the molecule is CCn1cc(-c2c(C(=O)O)nnn2C2CCCC2)cn1.